The summed E-state index contributed by atoms with van der Waals surface area (Å²) in [4.78, 5) is 15.3. The smallest absolute Gasteiger partial charge is 0.213 e. The molecule has 150 valence electrons. The molecule has 0 bridgehead atoms. The summed E-state index contributed by atoms with van der Waals surface area (Å²) in [5.41, 5.74) is 1.06. The van der Waals surface area contributed by atoms with Gasteiger partial charge in [-0.1, -0.05) is 17.7 Å². The molecule has 1 aliphatic rings. The van der Waals surface area contributed by atoms with Gasteiger partial charge in [-0.2, -0.15) is 0 Å². The van der Waals surface area contributed by atoms with Crippen molar-refractivity contribution in [2.75, 3.05) is 25.0 Å². The zero-order chi connectivity index (χ0) is 19.9. The minimum Gasteiger partial charge on any atom is -0.475 e. The molecule has 1 unspecified atom stereocenters. The normalized spacial score (nSPS) is 17.1. The highest BCUT2D eigenvalue weighted by molar-refractivity contribution is 6.32. The molecule has 0 saturated carbocycles. The van der Waals surface area contributed by atoms with Gasteiger partial charge in [0, 0.05) is 51.2 Å². The summed E-state index contributed by atoms with van der Waals surface area (Å²) in [5.74, 6) is 2.24. The molecule has 2 aromatic rings. The van der Waals surface area contributed by atoms with Crippen molar-refractivity contribution in [3.8, 4) is 5.88 Å². The monoisotopic (exact) mass is 402 g/mol. The average molecular weight is 403 g/mol. The lowest BCUT2D eigenvalue weighted by atomic mass is 10.2. The van der Waals surface area contributed by atoms with Crippen molar-refractivity contribution in [2.24, 2.45) is 4.99 Å². The molecule has 1 aliphatic heterocycles. The Balaban J connectivity index is 1.49. The first-order valence-electron chi connectivity index (χ1n) is 9.49. The van der Waals surface area contributed by atoms with Crippen LogP contribution < -0.4 is 20.3 Å². The maximum Gasteiger partial charge on any atom is 0.213 e. The van der Waals surface area contributed by atoms with E-state index in [-0.39, 0.29) is 12.1 Å². The number of hydrogen-bond donors (Lipinski definition) is 2. The molecule has 3 rings (SSSR count). The Morgan fingerprint density at radius 3 is 2.89 bits per heavy atom. The number of nitrogens with one attached hydrogen (secondary N) is 2. The van der Waals surface area contributed by atoms with Gasteiger partial charge in [0.1, 0.15) is 5.82 Å². The van der Waals surface area contributed by atoms with Crippen molar-refractivity contribution in [2.45, 2.75) is 39.0 Å². The molecule has 2 aromatic heterocycles. The van der Waals surface area contributed by atoms with E-state index in [1.165, 1.54) is 0 Å². The third-order valence-electron chi connectivity index (χ3n) is 4.41. The molecule has 0 spiro atoms. The number of aromatic nitrogens is 2. The molecule has 2 N–H and O–H groups in total. The van der Waals surface area contributed by atoms with Crippen LogP contribution in [0.4, 0.5) is 5.82 Å². The highest BCUT2D eigenvalue weighted by Crippen LogP contribution is 2.25. The Morgan fingerprint density at radius 1 is 1.36 bits per heavy atom. The van der Waals surface area contributed by atoms with E-state index in [1.54, 1.807) is 13.2 Å². The summed E-state index contributed by atoms with van der Waals surface area (Å²) >= 11 is 6.27. The van der Waals surface area contributed by atoms with Crippen LogP contribution in [0.25, 0.3) is 0 Å². The van der Waals surface area contributed by atoms with Gasteiger partial charge in [-0.15, -0.1) is 0 Å². The van der Waals surface area contributed by atoms with E-state index in [1.807, 2.05) is 44.3 Å². The Labute approximate surface area is 171 Å². The van der Waals surface area contributed by atoms with Crippen molar-refractivity contribution < 1.29 is 4.74 Å². The number of pyridine rings is 2. The van der Waals surface area contributed by atoms with Crippen LogP contribution in [-0.4, -0.2) is 48.2 Å². The number of halogens is 1. The lowest BCUT2D eigenvalue weighted by Crippen LogP contribution is -2.44. The first kappa shape index (κ1) is 20.2. The van der Waals surface area contributed by atoms with E-state index in [9.17, 15) is 0 Å². The zero-order valence-electron chi connectivity index (χ0n) is 16.5. The van der Waals surface area contributed by atoms with Crippen LogP contribution in [0, 0.1) is 0 Å². The van der Waals surface area contributed by atoms with Crippen LogP contribution in [0.3, 0.4) is 0 Å². The van der Waals surface area contributed by atoms with Gasteiger partial charge in [-0.3, -0.25) is 4.99 Å². The van der Waals surface area contributed by atoms with Crippen molar-refractivity contribution in [1.29, 1.82) is 0 Å². The highest BCUT2D eigenvalue weighted by atomic mass is 35.5. The van der Waals surface area contributed by atoms with E-state index < -0.39 is 0 Å². The molecule has 1 saturated heterocycles. The maximum absolute atomic E-state index is 6.27. The maximum atomic E-state index is 6.27. The predicted molar refractivity (Wildman–Crippen MR) is 113 cm³/mol. The summed E-state index contributed by atoms with van der Waals surface area (Å²) in [6.45, 7) is 6.35. The molecule has 8 heteroatoms. The van der Waals surface area contributed by atoms with Crippen LogP contribution in [0.2, 0.25) is 5.02 Å². The summed E-state index contributed by atoms with van der Waals surface area (Å²) in [6, 6.07) is 7.89. The fourth-order valence-electron chi connectivity index (χ4n) is 3.08. The fraction of sp³-hybridized carbons (Fsp3) is 0.450. The average Bonchev–Trinajstić information content (AvgIpc) is 3.14. The number of aliphatic imine (C=N–C) groups is 1. The topological polar surface area (TPSA) is 74.7 Å². The number of ether oxygens (including phenoxy) is 1. The summed E-state index contributed by atoms with van der Waals surface area (Å²) in [7, 11) is 1.77. The standard InChI is InChI=1S/C20H27ClN6O/c1-14(2)28-18-7-6-15(11-24-18)12-25-20(22-3)26-16-8-10-27(13-16)19-17(21)5-4-9-23-19/h4-7,9,11,14,16H,8,10,12-13H2,1-3H3,(H2,22,25,26). The zero-order valence-corrected chi connectivity index (χ0v) is 17.3. The van der Waals surface area contributed by atoms with Gasteiger partial charge in [0.25, 0.3) is 0 Å². The van der Waals surface area contributed by atoms with Gasteiger partial charge in [0.15, 0.2) is 5.96 Å². The Bertz CT molecular complexity index is 796. The summed E-state index contributed by atoms with van der Waals surface area (Å²) in [6.07, 6.45) is 4.70. The second-order valence-electron chi connectivity index (χ2n) is 6.98. The Kier molecular flexibility index (Phi) is 6.92. The number of nitrogens with zero attached hydrogens (tertiary/aromatic N) is 4. The summed E-state index contributed by atoms with van der Waals surface area (Å²) < 4.78 is 5.57. The van der Waals surface area contributed by atoms with E-state index in [0.29, 0.717) is 17.4 Å². The minimum absolute atomic E-state index is 0.117. The molecule has 0 aliphatic carbocycles. The molecular formula is C20H27ClN6O. The number of guanidine groups is 1. The van der Waals surface area contributed by atoms with Crippen LogP contribution >= 0.6 is 11.6 Å². The fourth-order valence-corrected chi connectivity index (χ4v) is 3.32. The van der Waals surface area contributed by atoms with Gasteiger partial charge in [-0.05, 0) is 38.0 Å². The molecule has 7 nitrogen and oxygen atoms in total. The predicted octanol–water partition coefficient (Wildman–Crippen LogP) is 2.86. The summed E-state index contributed by atoms with van der Waals surface area (Å²) in [5, 5.41) is 7.49. The van der Waals surface area contributed by atoms with Gasteiger partial charge in [0.05, 0.1) is 11.1 Å². The van der Waals surface area contributed by atoms with Gasteiger partial charge in [0.2, 0.25) is 5.88 Å². The van der Waals surface area contributed by atoms with Gasteiger partial charge < -0.3 is 20.3 Å². The van der Waals surface area contributed by atoms with Crippen molar-refractivity contribution >= 4 is 23.4 Å². The molecule has 0 radical (unpaired) electrons. The number of anilines is 1. The van der Waals surface area contributed by atoms with Crippen molar-refractivity contribution in [1.82, 2.24) is 20.6 Å². The highest BCUT2D eigenvalue weighted by Gasteiger charge is 2.25. The molecule has 28 heavy (non-hydrogen) atoms. The lowest BCUT2D eigenvalue weighted by Gasteiger charge is -2.20. The SMILES string of the molecule is CN=C(NCc1ccc(OC(C)C)nc1)NC1CCN(c2ncccc2Cl)C1. The quantitative estimate of drug-likeness (QED) is 0.571. The van der Waals surface area contributed by atoms with Crippen molar-refractivity contribution in [3.63, 3.8) is 0 Å². The Hall–Kier alpha value is -2.54. The third-order valence-corrected chi connectivity index (χ3v) is 4.70. The number of rotatable bonds is 6. The first-order chi connectivity index (χ1) is 13.5. The van der Waals surface area contributed by atoms with E-state index in [2.05, 4.69) is 30.5 Å². The molecule has 3 heterocycles. The lowest BCUT2D eigenvalue weighted by molar-refractivity contribution is 0.232. The molecular weight excluding hydrogens is 376 g/mol. The largest absolute Gasteiger partial charge is 0.475 e. The van der Waals surface area contributed by atoms with Crippen LogP contribution in [0.1, 0.15) is 25.8 Å². The van der Waals surface area contributed by atoms with Crippen LogP contribution in [0.5, 0.6) is 5.88 Å². The van der Waals surface area contributed by atoms with Gasteiger partial charge >= 0.3 is 0 Å². The van der Waals surface area contributed by atoms with Crippen molar-refractivity contribution in [3.05, 3.63) is 47.2 Å². The molecule has 1 atom stereocenters. The van der Waals surface area contributed by atoms with E-state index >= 15 is 0 Å². The van der Waals surface area contributed by atoms with Gasteiger partial charge in [-0.25, -0.2) is 9.97 Å². The molecule has 1 fully saturated rings. The number of hydrogen-bond acceptors (Lipinski definition) is 5. The molecule has 0 amide bonds. The second-order valence-corrected chi connectivity index (χ2v) is 7.39. The van der Waals surface area contributed by atoms with Crippen LogP contribution in [0.15, 0.2) is 41.7 Å². The van der Waals surface area contributed by atoms with E-state index in [0.717, 1.165) is 36.9 Å². The third kappa shape index (κ3) is 5.48. The minimum atomic E-state index is 0.117. The van der Waals surface area contributed by atoms with E-state index in [4.69, 9.17) is 16.3 Å². The van der Waals surface area contributed by atoms with Crippen LogP contribution in [-0.2, 0) is 6.54 Å². The molecule has 0 aromatic carbocycles. The second kappa shape index (κ2) is 9.59. The first-order valence-corrected chi connectivity index (χ1v) is 9.87. The Morgan fingerprint density at radius 2 is 2.21 bits per heavy atom.